The molecule has 0 spiro atoms. The Hall–Kier alpha value is -2.59. The standard InChI is InChI=1S/C18H14ClN3O/c19-14-8-4-5-9-15(14)22-11-20-17-13(10-16(23)21-18(17)22)12-6-2-1-3-7-12/h1-9,11,13H,10H2,(H,21,23)/t13-/m1/s1. The normalized spacial score (nSPS) is 16.7. The van der Waals surface area contributed by atoms with Gasteiger partial charge in [0, 0.05) is 12.3 Å². The van der Waals surface area contributed by atoms with Crippen molar-refractivity contribution in [3.05, 3.63) is 77.2 Å². The Morgan fingerprint density at radius 1 is 1.09 bits per heavy atom. The summed E-state index contributed by atoms with van der Waals surface area (Å²) >= 11 is 6.29. The van der Waals surface area contributed by atoms with Gasteiger partial charge in [-0.3, -0.25) is 9.36 Å². The van der Waals surface area contributed by atoms with Crippen molar-refractivity contribution >= 4 is 23.3 Å². The summed E-state index contributed by atoms with van der Waals surface area (Å²) in [5.74, 6) is 0.645. The molecular formula is C18H14ClN3O. The van der Waals surface area contributed by atoms with Crippen LogP contribution in [0.15, 0.2) is 60.9 Å². The van der Waals surface area contributed by atoms with Crippen molar-refractivity contribution in [1.82, 2.24) is 9.55 Å². The Labute approximate surface area is 138 Å². The highest BCUT2D eigenvalue weighted by Gasteiger charge is 2.31. The Morgan fingerprint density at radius 3 is 2.61 bits per heavy atom. The Kier molecular flexibility index (Phi) is 3.39. The van der Waals surface area contributed by atoms with Gasteiger partial charge in [-0.05, 0) is 17.7 Å². The molecule has 4 nitrogen and oxygen atoms in total. The summed E-state index contributed by atoms with van der Waals surface area (Å²) in [7, 11) is 0. The van der Waals surface area contributed by atoms with E-state index in [2.05, 4.69) is 10.3 Å². The zero-order valence-electron chi connectivity index (χ0n) is 12.2. The van der Waals surface area contributed by atoms with E-state index in [-0.39, 0.29) is 11.8 Å². The van der Waals surface area contributed by atoms with Gasteiger partial charge < -0.3 is 5.32 Å². The SMILES string of the molecule is O=C1C[C@H](c2ccccc2)c2ncn(-c3ccccc3Cl)c2N1. The molecule has 0 aliphatic carbocycles. The lowest BCUT2D eigenvalue weighted by Gasteiger charge is -2.23. The molecule has 0 radical (unpaired) electrons. The Balaban J connectivity index is 1.85. The van der Waals surface area contributed by atoms with Gasteiger partial charge in [0.05, 0.1) is 16.4 Å². The van der Waals surface area contributed by atoms with Crippen LogP contribution in [-0.2, 0) is 4.79 Å². The fraction of sp³-hybridized carbons (Fsp3) is 0.111. The molecule has 0 saturated heterocycles. The molecule has 1 N–H and O–H groups in total. The molecule has 1 atom stereocenters. The van der Waals surface area contributed by atoms with E-state index in [9.17, 15) is 4.79 Å². The van der Waals surface area contributed by atoms with Crippen molar-refractivity contribution in [3.63, 3.8) is 0 Å². The number of aromatic nitrogens is 2. The lowest BCUT2D eigenvalue weighted by molar-refractivity contribution is -0.116. The van der Waals surface area contributed by atoms with E-state index in [1.54, 1.807) is 6.33 Å². The minimum atomic E-state index is -0.0383. The molecule has 0 unspecified atom stereocenters. The third-order valence-electron chi connectivity index (χ3n) is 4.09. The van der Waals surface area contributed by atoms with Crippen LogP contribution in [-0.4, -0.2) is 15.5 Å². The Bertz CT molecular complexity index is 873. The van der Waals surface area contributed by atoms with E-state index in [1.807, 2.05) is 59.2 Å². The van der Waals surface area contributed by atoms with E-state index in [4.69, 9.17) is 11.6 Å². The highest BCUT2D eigenvalue weighted by molar-refractivity contribution is 6.32. The first kappa shape index (κ1) is 14.0. The van der Waals surface area contributed by atoms with Crippen LogP contribution in [0.25, 0.3) is 5.69 Å². The second-order valence-corrected chi connectivity index (χ2v) is 5.92. The van der Waals surface area contributed by atoms with E-state index in [1.165, 1.54) is 0 Å². The first-order valence-electron chi connectivity index (χ1n) is 7.41. The third kappa shape index (κ3) is 2.41. The average molecular weight is 324 g/mol. The number of fused-ring (bicyclic) bond motifs is 1. The molecule has 2 heterocycles. The van der Waals surface area contributed by atoms with Crippen molar-refractivity contribution in [1.29, 1.82) is 0 Å². The molecular weight excluding hydrogens is 310 g/mol. The van der Waals surface area contributed by atoms with Crippen molar-refractivity contribution in [2.75, 3.05) is 5.32 Å². The Morgan fingerprint density at radius 2 is 1.83 bits per heavy atom. The van der Waals surface area contributed by atoms with Crippen LogP contribution >= 0.6 is 11.6 Å². The number of imidazole rings is 1. The largest absolute Gasteiger partial charge is 0.310 e. The molecule has 0 saturated carbocycles. The van der Waals surface area contributed by atoms with Crippen LogP contribution in [0.2, 0.25) is 5.02 Å². The minimum absolute atomic E-state index is 0.0137. The predicted octanol–water partition coefficient (Wildman–Crippen LogP) is 4.00. The van der Waals surface area contributed by atoms with Crippen LogP contribution in [0.4, 0.5) is 5.82 Å². The summed E-state index contributed by atoms with van der Waals surface area (Å²) in [4.78, 5) is 16.7. The van der Waals surface area contributed by atoms with E-state index >= 15 is 0 Å². The van der Waals surface area contributed by atoms with Gasteiger partial charge in [-0.1, -0.05) is 54.1 Å². The number of nitrogens with zero attached hydrogens (tertiary/aromatic N) is 2. The first-order valence-corrected chi connectivity index (χ1v) is 7.79. The van der Waals surface area contributed by atoms with Crippen LogP contribution in [0.1, 0.15) is 23.6 Å². The molecule has 1 aliphatic heterocycles. The van der Waals surface area contributed by atoms with Gasteiger partial charge in [-0.15, -0.1) is 0 Å². The monoisotopic (exact) mass is 323 g/mol. The number of para-hydroxylation sites is 1. The smallest absolute Gasteiger partial charge is 0.226 e. The van der Waals surface area contributed by atoms with Crippen LogP contribution in [0, 0.1) is 0 Å². The summed E-state index contributed by atoms with van der Waals surface area (Å²) in [5.41, 5.74) is 2.76. The number of anilines is 1. The zero-order valence-corrected chi connectivity index (χ0v) is 13.0. The number of rotatable bonds is 2. The van der Waals surface area contributed by atoms with Crippen molar-refractivity contribution in [2.24, 2.45) is 0 Å². The highest BCUT2D eigenvalue weighted by atomic mass is 35.5. The number of carbonyl (C=O) groups excluding carboxylic acids is 1. The molecule has 0 bridgehead atoms. The number of benzene rings is 2. The number of halogens is 1. The lowest BCUT2D eigenvalue weighted by Crippen LogP contribution is -2.24. The zero-order chi connectivity index (χ0) is 15.8. The van der Waals surface area contributed by atoms with Crippen molar-refractivity contribution in [2.45, 2.75) is 12.3 Å². The molecule has 23 heavy (non-hydrogen) atoms. The number of hydrogen-bond donors (Lipinski definition) is 1. The molecule has 0 fully saturated rings. The maximum absolute atomic E-state index is 12.2. The van der Waals surface area contributed by atoms with E-state index < -0.39 is 0 Å². The molecule has 1 amide bonds. The van der Waals surface area contributed by atoms with Gasteiger partial charge in [0.15, 0.2) is 0 Å². The molecule has 4 rings (SSSR count). The summed E-state index contributed by atoms with van der Waals surface area (Å²) in [6.45, 7) is 0. The number of hydrogen-bond acceptors (Lipinski definition) is 2. The van der Waals surface area contributed by atoms with Crippen LogP contribution in [0.5, 0.6) is 0 Å². The third-order valence-corrected chi connectivity index (χ3v) is 4.41. The van der Waals surface area contributed by atoms with Crippen molar-refractivity contribution < 1.29 is 4.79 Å². The predicted molar refractivity (Wildman–Crippen MR) is 90.1 cm³/mol. The van der Waals surface area contributed by atoms with Crippen molar-refractivity contribution in [3.8, 4) is 5.69 Å². The van der Waals surface area contributed by atoms with Crippen LogP contribution < -0.4 is 5.32 Å². The van der Waals surface area contributed by atoms with Gasteiger partial charge in [-0.25, -0.2) is 4.98 Å². The second-order valence-electron chi connectivity index (χ2n) is 5.52. The van der Waals surface area contributed by atoms with E-state index in [0.717, 1.165) is 16.9 Å². The summed E-state index contributed by atoms with van der Waals surface area (Å²) in [6, 6.07) is 17.5. The van der Waals surface area contributed by atoms with Gasteiger partial charge >= 0.3 is 0 Å². The van der Waals surface area contributed by atoms with Gasteiger partial charge in [-0.2, -0.15) is 0 Å². The van der Waals surface area contributed by atoms with E-state index in [0.29, 0.717) is 17.3 Å². The highest BCUT2D eigenvalue weighted by Crippen LogP contribution is 2.38. The molecule has 1 aromatic heterocycles. The van der Waals surface area contributed by atoms with Gasteiger partial charge in [0.2, 0.25) is 5.91 Å². The lowest BCUT2D eigenvalue weighted by atomic mass is 9.90. The topological polar surface area (TPSA) is 46.9 Å². The quantitative estimate of drug-likeness (QED) is 0.775. The summed E-state index contributed by atoms with van der Waals surface area (Å²) < 4.78 is 1.84. The maximum atomic E-state index is 12.2. The molecule has 1 aliphatic rings. The van der Waals surface area contributed by atoms with Gasteiger partial charge in [0.25, 0.3) is 0 Å². The van der Waals surface area contributed by atoms with Gasteiger partial charge in [0.1, 0.15) is 12.1 Å². The fourth-order valence-corrected chi connectivity index (χ4v) is 3.22. The molecule has 5 heteroatoms. The summed E-state index contributed by atoms with van der Waals surface area (Å²) in [6.07, 6.45) is 2.12. The average Bonchev–Trinajstić information content (AvgIpc) is 2.99. The first-order chi connectivity index (χ1) is 11.2. The minimum Gasteiger partial charge on any atom is -0.310 e. The molecule has 114 valence electrons. The van der Waals surface area contributed by atoms with Crippen LogP contribution in [0.3, 0.4) is 0 Å². The number of amides is 1. The molecule has 3 aromatic rings. The molecule has 2 aromatic carbocycles. The number of carbonyl (C=O) groups is 1. The number of nitrogens with one attached hydrogen (secondary N) is 1. The second kappa shape index (κ2) is 5.56. The maximum Gasteiger partial charge on any atom is 0.226 e. The summed E-state index contributed by atoms with van der Waals surface area (Å²) in [5, 5.41) is 3.55. The fourth-order valence-electron chi connectivity index (χ4n) is 3.00.